The Balaban J connectivity index is 1.80. The van der Waals surface area contributed by atoms with Crippen LogP contribution < -0.4 is 14.2 Å². The largest absolute Gasteiger partial charge is 0.507 e. The summed E-state index contributed by atoms with van der Waals surface area (Å²) in [5, 5.41) is 16.3. The Hall–Kier alpha value is -3.48. The van der Waals surface area contributed by atoms with Crippen molar-refractivity contribution in [3.8, 4) is 17.4 Å². The van der Waals surface area contributed by atoms with Crippen LogP contribution in [0.2, 0.25) is 18.1 Å². The first-order valence-electron chi connectivity index (χ1n) is 18.4. The average molecular weight is 725 g/mol. The van der Waals surface area contributed by atoms with Crippen molar-refractivity contribution in [2.24, 2.45) is 11.8 Å². The van der Waals surface area contributed by atoms with Crippen LogP contribution in [0.4, 0.5) is 0 Å². The summed E-state index contributed by atoms with van der Waals surface area (Å²) >= 11 is 0. The zero-order valence-electron chi connectivity index (χ0n) is 32.1. The third-order valence-electron chi connectivity index (χ3n) is 11.3. The van der Waals surface area contributed by atoms with Gasteiger partial charge in [-0.05, 0) is 87.0 Å². The number of aromatic nitrogens is 1. The van der Waals surface area contributed by atoms with Gasteiger partial charge in [0.2, 0.25) is 11.6 Å². The minimum Gasteiger partial charge on any atom is -0.507 e. The molecule has 51 heavy (non-hydrogen) atoms. The van der Waals surface area contributed by atoms with Crippen molar-refractivity contribution in [2.75, 3.05) is 34.4 Å². The van der Waals surface area contributed by atoms with E-state index >= 15 is 9.59 Å². The fourth-order valence-corrected chi connectivity index (χ4v) is 9.13. The summed E-state index contributed by atoms with van der Waals surface area (Å²) in [5.74, 6) is -1.02. The first kappa shape index (κ1) is 38.7. The highest BCUT2D eigenvalue weighted by Crippen LogP contribution is 2.59. The number of aliphatic hydroxyl groups is 1. The van der Waals surface area contributed by atoms with Gasteiger partial charge < -0.3 is 33.1 Å². The van der Waals surface area contributed by atoms with Gasteiger partial charge in [-0.25, -0.2) is 0 Å². The SMILES string of the molecule is CCCCOc1noc2c1C(=O)[C@@]1(O[Si](C)(C)C(C)(C)C)C(=O)C3=C(O)c4c(c(OC)cc(CCC=O)c4OCCCC)C[C@H]3C[C@H]1[C@@H]2N(C)C. The number of benzene rings is 1. The van der Waals surface area contributed by atoms with Crippen molar-refractivity contribution in [1.29, 1.82) is 0 Å². The molecule has 1 fully saturated rings. The molecule has 11 nitrogen and oxygen atoms in total. The number of rotatable bonds is 15. The molecule has 1 saturated carbocycles. The number of carbonyl (C=O) groups is 3. The topological polar surface area (TPSA) is 138 Å². The number of fused-ring (bicyclic) bond motifs is 4. The first-order valence-corrected chi connectivity index (χ1v) is 21.3. The zero-order valence-corrected chi connectivity index (χ0v) is 33.1. The molecule has 1 heterocycles. The zero-order chi connectivity index (χ0) is 37.5. The van der Waals surface area contributed by atoms with E-state index in [4.69, 9.17) is 23.2 Å². The van der Waals surface area contributed by atoms with E-state index in [1.54, 1.807) is 7.11 Å². The molecule has 5 rings (SSSR count). The molecule has 1 aromatic carbocycles. The standard InChI is InChI=1S/C39H56N2O9Si/c1-11-13-18-47-33-23(16-15-17-42)22-27(46-8)25-20-24-21-26-31(41(6)7)34-30(37(40-49-34)48-19-14-12-2)36(45)39(26,50-51(9,10)38(3,4)5)35(44)28(24)32(43)29(25)33/h17,22,24,26,31,43H,11-16,18-21H2,1-10H3/t24-,26-,31-,39-/m0/s1. The highest BCUT2D eigenvalue weighted by molar-refractivity contribution is 6.74. The van der Waals surface area contributed by atoms with Gasteiger partial charge in [0.1, 0.15) is 29.1 Å². The summed E-state index contributed by atoms with van der Waals surface area (Å²) in [5.41, 5.74) is 0.131. The van der Waals surface area contributed by atoms with Gasteiger partial charge in [0.15, 0.2) is 19.7 Å². The molecule has 0 saturated heterocycles. The van der Waals surface area contributed by atoms with Gasteiger partial charge in [-0.1, -0.05) is 47.5 Å². The molecule has 3 aliphatic rings. The average Bonchev–Trinajstić information content (AvgIpc) is 3.48. The summed E-state index contributed by atoms with van der Waals surface area (Å²) in [6, 6.07) is 1.33. The van der Waals surface area contributed by atoms with Crippen molar-refractivity contribution >= 4 is 31.9 Å². The van der Waals surface area contributed by atoms with Gasteiger partial charge in [-0.3, -0.25) is 14.5 Å². The molecule has 0 amide bonds. The van der Waals surface area contributed by atoms with E-state index in [0.29, 0.717) is 60.9 Å². The van der Waals surface area contributed by atoms with Crippen molar-refractivity contribution in [3.63, 3.8) is 0 Å². The normalized spacial score (nSPS) is 23.1. The lowest BCUT2D eigenvalue weighted by Crippen LogP contribution is -2.68. The van der Waals surface area contributed by atoms with Crippen LogP contribution in [0.25, 0.3) is 5.76 Å². The number of carbonyl (C=O) groups excluding carboxylic acids is 3. The highest BCUT2D eigenvalue weighted by Gasteiger charge is 2.69. The van der Waals surface area contributed by atoms with Crippen molar-refractivity contribution < 1.29 is 42.6 Å². The molecule has 0 aliphatic heterocycles. The van der Waals surface area contributed by atoms with Gasteiger partial charge in [-0.2, -0.15) is 0 Å². The maximum absolute atomic E-state index is 15.6. The Kier molecular flexibility index (Phi) is 11.3. The number of hydrogen-bond acceptors (Lipinski definition) is 11. The fourth-order valence-electron chi connectivity index (χ4n) is 7.68. The maximum Gasteiger partial charge on any atom is 0.265 e. The molecule has 0 unspecified atom stereocenters. The number of hydrogen-bond donors (Lipinski definition) is 1. The quantitative estimate of drug-likeness (QED) is 0.0848. The smallest absolute Gasteiger partial charge is 0.265 e. The molecule has 12 heteroatoms. The summed E-state index contributed by atoms with van der Waals surface area (Å²) in [6.07, 6.45) is 5.50. The third kappa shape index (κ3) is 6.56. The molecule has 4 atom stereocenters. The number of Topliss-reactive ketones (excluding diaryl/α,β-unsaturated/α-hetero) is 2. The van der Waals surface area contributed by atoms with Gasteiger partial charge >= 0.3 is 0 Å². The van der Waals surface area contributed by atoms with E-state index in [2.05, 4.69) is 32.9 Å². The number of aliphatic hydroxyl groups excluding tert-OH is 1. The molecule has 2 aromatic rings. The van der Waals surface area contributed by atoms with E-state index in [9.17, 15) is 9.90 Å². The Bertz CT molecular complexity index is 1690. The number of ketones is 2. The molecule has 280 valence electrons. The first-order chi connectivity index (χ1) is 24.1. The van der Waals surface area contributed by atoms with E-state index in [0.717, 1.165) is 37.5 Å². The summed E-state index contributed by atoms with van der Waals surface area (Å²) in [4.78, 5) is 44.4. The van der Waals surface area contributed by atoms with Crippen LogP contribution in [0.15, 0.2) is 16.2 Å². The molecule has 0 spiro atoms. The maximum atomic E-state index is 15.6. The molecular formula is C39H56N2O9Si. The Morgan fingerprint density at radius 1 is 1.08 bits per heavy atom. The van der Waals surface area contributed by atoms with Crippen molar-refractivity contribution in [2.45, 2.75) is 116 Å². The predicted molar refractivity (Wildman–Crippen MR) is 196 cm³/mol. The number of aldehydes is 1. The molecular weight excluding hydrogens is 669 g/mol. The molecule has 0 radical (unpaired) electrons. The van der Waals surface area contributed by atoms with Crippen LogP contribution in [0, 0.1) is 11.8 Å². The lowest BCUT2D eigenvalue weighted by Gasteiger charge is -2.55. The van der Waals surface area contributed by atoms with Gasteiger partial charge in [0.05, 0.1) is 31.9 Å². The number of nitrogens with zero attached hydrogens (tertiary/aromatic N) is 2. The van der Waals surface area contributed by atoms with E-state index < -0.39 is 43.4 Å². The van der Waals surface area contributed by atoms with Crippen molar-refractivity contribution in [1.82, 2.24) is 10.1 Å². The third-order valence-corrected chi connectivity index (χ3v) is 15.8. The van der Waals surface area contributed by atoms with E-state index in [1.807, 2.05) is 45.1 Å². The predicted octanol–water partition coefficient (Wildman–Crippen LogP) is 7.46. The van der Waals surface area contributed by atoms with Crippen LogP contribution in [0.5, 0.6) is 17.4 Å². The van der Waals surface area contributed by atoms with Gasteiger partial charge in [0.25, 0.3) is 5.88 Å². The fraction of sp³-hybridized carbons (Fsp3) is 0.641. The number of aryl methyl sites for hydroxylation is 1. The van der Waals surface area contributed by atoms with Crippen LogP contribution in [-0.2, 0) is 26.9 Å². The Morgan fingerprint density at radius 2 is 1.75 bits per heavy atom. The highest BCUT2D eigenvalue weighted by atomic mass is 28.4. The minimum absolute atomic E-state index is 0.0604. The Morgan fingerprint density at radius 3 is 2.33 bits per heavy atom. The van der Waals surface area contributed by atoms with Crippen LogP contribution >= 0.6 is 0 Å². The number of ether oxygens (including phenoxy) is 3. The van der Waals surface area contributed by atoms with Crippen LogP contribution in [-0.4, -0.2) is 81.4 Å². The second kappa shape index (κ2) is 14.9. The molecule has 0 bridgehead atoms. The molecule has 1 N–H and O–H groups in total. The number of methoxy groups -OCH3 is 1. The number of unbranched alkanes of at least 4 members (excludes halogenated alkanes) is 2. The minimum atomic E-state index is -2.86. The summed E-state index contributed by atoms with van der Waals surface area (Å²) in [6.45, 7) is 15.1. The van der Waals surface area contributed by atoms with Gasteiger partial charge in [-0.15, -0.1) is 0 Å². The van der Waals surface area contributed by atoms with E-state index in [1.165, 1.54) is 0 Å². The second-order valence-corrected chi connectivity index (χ2v) is 20.7. The monoisotopic (exact) mass is 724 g/mol. The van der Waals surface area contributed by atoms with Gasteiger partial charge in [0, 0.05) is 23.5 Å². The lowest BCUT2D eigenvalue weighted by atomic mass is 9.57. The van der Waals surface area contributed by atoms with E-state index in [-0.39, 0.29) is 34.2 Å². The molecule has 1 aromatic heterocycles. The molecule has 3 aliphatic carbocycles. The van der Waals surface area contributed by atoms with Crippen LogP contribution in [0.3, 0.4) is 0 Å². The summed E-state index contributed by atoms with van der Waals surface area (Å²) < 4.78 is 31.4. The second-order valence-electron chi connectivity index (χ2n) is 15.9. The van der Waals surface area contributed by atoms with Crippen LogP contribution in [0.1, 0.15) is 112 Å². The Labute approximate surface area is 303 Å². The lowest BCUT2D eigenvalue weighted by molar-refractivity contribution is -0.140. The van der Waals surface area contributed by atoms with Crippen molar-refractivity contribution in [3.05, 3.63) is 39.7 Å². The summed E-state index contributed by atoms with van der Waals surface area (Å²) in [7, 11) is 2.51.